The Labute approximate surface area is 154 Å². The summed E-state index contributed by atoms with van der Waals surface area (Å²) in [7, 11) is 0. The highest BCUT2D eigenvalue weighted by Crippen LogP contribution is 2.43. The van der Waals surface area contributed by atoms with E-state index in [1.807, 2.05) is 0 Å². The van der Waals surface area contributed by atoms with Crippen LogP contribution in [-0.2, 0) is 0 Å². The fourth-order valence-corrected chi connectivity index (χ4v) is 2.29. The van der Waals surface area contributed by atoms with Crippen LogP contribution in [0.4, 0.5) is 32.2 Å². The van der Waals surface area contributed by atoms with Crippen LogP contribution in [0.3, 0.4) is 0 Å². The second-order valence-electron chi connectivity index (χ2n) is 5.50. The number of anilines is 1. The van der Waals surface area contributed by atoms with Gasteiger partial charge in [-0.3, -0.25) is 4.79 Å². The summed E-state index contributed by atoms with van der Waals surface area (Å²) in [5.41, 5.74) is -4.89. The van der Waals surface area contributed by atoms with E-state index in [2.05, 4.69) is 4.98 Å². The van der Waals surface area contributed by atoms with Crippen LogP contribution in [-0.4, -0.2) is 28.9 Å². The lowest BCUT2D eigenvalue weighted by molar-refractivity contribution is -0.294. The van der Waals surface area contributed by atoms with Gasteiger partial charge in [-0.25, -0.2) is 4.98 Å². The van der Waals surface area contributed by atoms with Crippen molar-refractivity contribution >= 4 is 23.3 Å². The van der Waals surface area contributed by atoms with Crippen LogP contribution in [0.15, 0.2) is 42.6 Å². The number of nitrogens with one attached hydrogen (secondary N) is 2. The SMILES string of the molecule is Cc1ccccc1C(=O)NC(Nc1ccc(Cl)cn1)(C(F)(F)F)C(F)(F)F. The highest BCUT2D eigenvalue weighted by molar-refractivity contribution is 6.30. The minimum atomic E-state index is -5.94. The molecule has 0 spiro atoms. The van der Waals surface area contributed by atoms with Gasteiger partial charge in [-0.05, 0) is 30.7 Å². The van der Waals surface area contributed by atoms with Gasteiger partial charge in [0.25, 0.3) is 5.91 Å². The molecule has 0 fully saturated rings. The van der Waals surface area contributed by atoms with E-state index in [1.165, 1.54) is 30.4 Å². The molecule has 11 heteroatoms. The van der Waals surface area contributed by atoms with E-state index in [0.717, 1.165) is 29.7 Å². The lowest BCUT2D eigenvalue weighted by atomic mass is 10.0. The van der Waals surface area contributed by atoms with Gasteiger partial charge in [-0.1, -0.05) is 29.8 Å². The maximum atomic E-state index is 13.6. The van der Waals surface area contributed by atoms with Crippen molar-refractivity contribution < 1.29 is 31.1 Å². The van der Waals surface area contributed by atoms with E-state index in [0.29, 0.717) is 0 Å². The fourth-order valence-electron chi connectivity index (χ4n) is 2.18. The molecule has 2 N–H and O–H groups in total. The number of pyridine rings is 1. The zero-order valence-corrected chi connectivity index (χ0v) is 14.3. The van der Waals surface area contributed by atoms with Crippen LogP contribution in [0.5, 0.6) is 0 Å². The van der Waals surface area contributed by atoms with E-state index in [9.17, 15) is 31.1 Å². The van der Waals surface area contributed by atoms with Gasteiger partial charge in [0.05, 0.1) is 5.02 Å². The summed E-state index contributed by atoms with van der Waals surface area (Å²) >= 11 is 5.54. The Kier molecular flexibility index (Phi) is 5.60. The van der Waals surface area contributed by atoms with Gasteiger partial charge < -0.3 is 10.6 Å². The average molecular weight is 412 g/mol. The number of rotatable bonds is 4. The van der Waals surface area contributed by atoms with Crippen LogP contribution >= 0.6 is 11.6 Å². The van der Waals surface area contributed by atoms with Gasteiger partial charge in [0, 0.05) is 11.8 Å². The molecule has 1 amide bonds. The summed E-state index contributed by atoms with van der Waals surface area (Å²) in [5, 5.41) is 2.33. The Morgan fingerprint density at radius 1 is 1.00 bits per heavy atom. The first-order valence-corrected chi connectivity index (χ1v) is 7.66. The van der Waals surface area contributed by atoms with Gasteiger partial charge in [0.1, 0.15) is 5.82 Å². The molecule has 4 nitrogen and oxygen atoms in total. The number of hydrogen-bond acceptors (Lipinski definition) is 3. The number of carbonyl (C=O) groups is 1. The van der Waals surface area contributed by atoms with Gasteiger partial charge >= 0.3 is 18.0 Å². The summed E-state index contributed by atoms with van der Waals surface area (Å²) in [5.74, 6) is -2.33. The molecule has 0 aliphatic carbocycles. The largest absolute Gasteiger partial charge is 0.439 e. The first-order valence-electron chi connectivity index (χ1n) is 7.29. The van der Waals surface area contributed by atoms with Crippen molar-refractivity contribution in [2.45, 2.75) is 24.9 Å². The highest BCUT2D eigenvalue weighted by atomic mass is 35.5. The van der Waals surface area contributed by atoms with Crippen molar-refractivity contribution in [1.82, 2.24) is 10.3 Å². The highest BCUT2D eigenvalue weighted by Gasteiger charge is 2.72. The number of benzene rings is 1. The Hall–Kier alpha value is -2.49. The van der Waals surface area contributed by atoms with Crippen molar-refractivity contribution in [2.24, 2.45) is 0 Å². The maximum Gasteiger partial charge on any atom is 0.439 e. The summed E-state index contributed by atoms with van der Waals surface area (Å²) < 4.78 is 81.4. The lowest BCUT2D eigenvalue weighted by Gasteiger charge is -2.38. The summed E-state index contributed by atoms with van der Waals surface area (Å²) in [6.07, 6.45) is -11.0. The zero-order valence-electron chi connectivity index (χ0n) is 13.5. The Morgan fingerprint density at radius 3 is 2.07 bits per heavy atom. The Morgan fingerprint density at radius 2 is 1.59 bits per heavy atom. The third kappa shape index (κ3) is 4.26. The summed E-state index contributed by atoms with van der Waals surface area (Å²) in [6, 6.07) is 7.18. The molecule has 0 aliphatic rings. The first kappa shape index (κ1) is 20.8. The molecule has 0 aliphatic heterocycles. The van der Waals surface area contributed by atoms with Gasteiger partial charge in [-0.15, -0.1) is 0 Å². The molecular weight excluding hydrogens is 400 g/mol. The maximum absolute atomic E-state index is 13.6. The Bertz CT molecular complexity index is 806. The van der Waals surface area contributed by atoms with E-state index < -0.39 is 29.7 Å². The summed E-state index contributed by atoms with van der Waals surface area (Å²) in [4.78, 5) is 15.6. The van der Waals surface area contributed by atoms with Crippen molar-refractivity contribution in [1.29, 1.82) is 0 Å². The van der Waals surface area contributed by atoms with Crippen molar-refractivity contribution in [3.05, 3.63) is 58.7 Å². The van der Waals surface area contributed by atoms with E-state index in [4.69, 9.17) is 11.6 Å². The lowest BCUT2D eigenvalue weighted by Crippen LogP contribution is -2.72. The predicted molar refractivity (Wildman–Crippen MR) is 86.4 cm³/mol. The third-order valence-corrected chi connectivity index (χ3v) is 3.81. The van der Waals surface area contributed by atoms with Crippen molar-refractivity contribution in [3.63, 3.8) is 0 Å². The molecule has 0 saturated heterocycles. The van der Waals surface area contributed by atoms with Gasteiger partial charge in [0.15, 0.2) is 0 Å². The van der Waals surface area contributed by atoms with E-state index in [1.54, 1.807) is 0 Å². The number of aromatic nitrogens is 1. The number of halogens is 7. The van der Waals surface area contributed by atoms with Crippen LogP contribution < -0.4 is 10.6 Å². The number of carbonyl (C=O) groups excluding carboxylic acids is 1. The number of amides is 1. The summed E-state index contributed by atoms with van der Waals surface area (Å²) in [6.45, 7) is 1.38. The van der Waals surface area contributed by atoms with E-state index >= 15 is 0 Å². The molecule has 0 atom stereocenters. The smallest absolute Gasteiger partial charge is 0.332 e. The van der Waals surface area contributed by atoms with Crippen LogP contribution in [0.1, 0.15) is 15.9 Å². The minimum absolute atomic E-state index is 0.00844. The van der Waals surface area contributed by atoms with Gasteiger partial charge in [0.2, 0.25) is 0 Å². The standard InChI is InChI=1S/C16H12ClF6N3O/c1-9-4-2-3-5-11(9)13(27)26-14(15(18,19)20,16(21,22)23)25-12-7-6-10(17)8-24-12/h2-8H,1H3,(H,24,25)(H,26,27). The second-order valence-corrected chi connectivity index (χ2v) is 5.94. The molecule has 27 heavy (non-hydrogen) atoms. The molecular formula is C16H12ClF6N3O. The van der Waals surface area contributed by atoms with E-state index in [-0.39, 0.29) is 16.1 Å². The topological polar surface area (TPSA) is 54.0 Å². The molecule has 2 rings (SSSR count). The Balaban J connectivity index is 2.53. The molecule has 0 saturated carbocycles. The van der Waals surface area contributed by atoms with Crippen LogP contribution in [0, 0.1) is 6.92 Å². The molecule has 1 heterocycles. The van der Waals surface area contributed by atoms with Crippen LogP contribution in [0.2, 0.25) is 5.02 Å². The molecule has 0 radical (unpaired) electrons. The second kappa shape index (κ2) is 7.26. The molecule has 1 aromatic heterocycles. The zero-order chi connectivity index (χ0) is 20.5. The molecule has 0 unspecified atom stereocenters. The molecule has 0 bridgehead atoms. The quantitative estimate of drug-likeness (QED) is 0.566. The molecule has 146 valence electrons. The third-order valence-electron chi connectivity index (χ3n) is 3.58. The number of nitrogens with zero attached hydrogens (tertiary/aromatic N) is 1. The first-order chi connectivity index (χ1) is 12.4. The monoisotopic (exact) mass is 411 g/mol. The predicted octanol–water partition coefficient (Wildman–Crippen LogP) is 4.71. The van der Waals surface area contributed by atoms with Gasteiger partial charge in [-0.2, -0.15) is 26.3 Å². The molecule has 2 aromatic rings. The normalized spacial score (nSPS) is 12.6. The van der Waals surface area contributed by atoms with Crippen molar-refractivity contribution in [2.75, 3.05) is 5.32 Å². The number of hydrogen-bond donors (Lipinski definition) is 2. The number of alkyl halides is 6. The molecule has 1 aromatic carbocycles. The van der Waals surface area contributed by atoms with Crippen molar-refractivity contribution in [3.8, 4) is 0 Å². The average Bonchev–Trinajstić information content (AvgIpc) is 2.54. The van der Waals surface area contributed by atoms with Crippen LogP contribution in [0.25, 0.3) is 0 Å². The fraction of sp³-hybridized carbons (Fsp3) is 0.250. The number of aryl methyl sites for hydroxylation is 1. The minimum Gasteiger partial charge on any atom is -0.332 e.